The minimum absolute atomic E-state index is 1.16. The van der Waals surface area contributed by atoms with Crippen molar-refractivity contribution in [3.8, 4) is 16.8 Å². The highest BCUT2D eigenvalue weighted by Crippen LogP contribution is 2.40. The number of para-hydroxylation sites is 1. The first-order valence-electron chi connectivity index (χ1n) is 12.4. The van der Waals surface area contributed by atoms with E-state index in [1.165, 1.54) is 65.7 Å². The smallest absolute Gasteiger partial charge is 0.0562 e. The highest BCUT2D eigenvalue weighted by molar-refractivity contribution is 6.25. The van der Waals surface area contributed by atoms with Gasteiger partial charge in [0.05, 0.1) is 11.0 Å². The lowest BCUT2D eigenvalue weighted by Gasteiger charge is -2.11. The Morgan fingerprint density at radius 2 is 1.22 bits per heavy atom. The molecule has 6 aromatic carbocycles. The summed E-state index contributed by atoms with van der Waals surface area (Å²) in [5.41, 5.74) is 8.39. The van der Waals surface area contributed by atoms with Crippen LogP contribution in [-0.2, 0) is 0 Å². The van der Waals surface area contributed by atoms with Gasteiger partial charge >= 0.3 is 0 Å². The summed E-state index contributed by atoms with van der Waals surface area (Å²) in [5.74, 6) is 0. The zero-order valence-electron chi connectivity index (χ0n) is 19.6. The maximum atomic E-state index is 3.65. The maximum absolute atomic E-state index is 3.65. The number of hydrogen-bond donors (Lipinski definition) is 1. The Hall–Kier alpha value is -4.82. The van der Waals surface area contributed by atoms with E-state index in [0.29, 0.717) is 0 Å². The van der Waals surface area contributed by atoms with Crippen LogP contribution in [0.15, 0.2) is 127 Å². The predicted molar refractivity (Wildman–Crippen MR) is 153 cm³/mol. The Bertz CT molecular complexity index is 2090. The van der Waals surface area contributed by atoms with E-state index in [4.69, 9.17) is 0 Å². The molecule has 0 amide bonds. The Kier molecular flexibility index (Phi) is 3.97. The third-order valence-electron chi connectivity index (χ3n) is 7.49. The fourth-order valence-corrected chi connectivity index (χ4v) is 5.86. The molecule has 2 heterocycles. The molecule has 2 heteroatoms. The maximum Gasteiger partial charge on any atom is 0.0562 e. The number of nitrogens with one attached hydrogen (secondary N) is 1. The van der Waals surface area contributed by atoms with Gasteiger partial charge in [-0.05, 0) is 58.3 Å². The van der Waals surface area contributed by atoms with Gasteiger partial charge in [0.2, 0.25) is 0 Å². The first kappa shape index (κ1) is 19.5. The zero-order valence-corrected chi connectivity index (χ0v) is 19.6. The van der Waals surface area contributed by atoms with E-state index in [9.17, 15) is 0 Å². The molecule has 1 N–H and O–H groups in total. The number of hydrogen-bond acceptors (Lipinski definition) is 0. The predicted octanol–water partition coefficient (Wildman–Crippen LogP) is 9.24. The van der Waals surface area contributed by atoms with Crippen LogP contribution in [0, 0.1) is 0 Å². The van der Waals surface area contributed by atoms with E-state index < -0.39 is 0 Å². The van der Waals surface area contributed by atoms with Crippen LogP contribution >= 0.6 is 0 Å². The summed E-state index contributed by atoms with van der Waals surface area (Å²) in [4.78, 5) is 3.65. The van der Waals surface area contributed by atoms with E-state index in [0.717, 1.165) is 5.52 Å². The lowest BCUT2D eigenvalue weighted by Crippen LogP contribution is -1.94. The molecular formula is C34H22N2. The summed E-state index contributed by atoms with van der Waals surface area (Å²) in [6.45, 7) is 0. The third-order valence-corrected chi connectivity index (χ3v) is 7.49. The van der Waals surface area contributed by atoms with Gasteiger partial charge in [0.25, 0.3) is 0 Å². The number of H-pyrrole nitrogens is 1. The van der Waals surface area contributed by atoms with E-state index in [1.54, 1.807) is 0 Å². The van der Waals surface area contributed by atoms with Crippen molar-refractivity contribution in [2.45, 2.75) is 0 Å². The average Bonchev–Trinajstić information content (AvgIpc) is 3.47. The van der Waals surface area contributed by atoms with Crippen LogP contribution in [0.2, 0.25) is 0 Å². The summed E-state index contributed by atoms with van der Waals surface area (Å²) >= 11 is 0. The largest absolute Gasteiger partial charge is 0.354 e. The van der Waals surface area contributed by atoms with E-state index in [-0.39, 0.29) is 0 Å². The lowest BCUT2D eigenvalue weighted by atomic mass is 10.0. The molecule has 0 unspecified atom stereocenters. The fourth-order valence-electron chi connectivity index (χ4n) is 5.86. The first-order chi connectivity index (χ1) is 17.8. The average molecular weight is 459 g/mol. The summed E-state index contributed by atoms with van der Waals surface area (Å²) in [6.07, 6.45) is 0. The van der Waals surface area contributed by atoms with Crippen molar-refractivity contribution in [2.75, 3.05) is 0 Å². The molecule has 0 atom stereocenters. The number of aromatic amines is 1. The summed E-state index contributed by atoms with van der Waals surface area (Å²) in [7, 11) is 0. The van der Waals surface area contributed by atoms with Crippen LogP contribution in [0.3, 0.4) is 0 Å². The molecule has 0 aliphatic carbocycles. The Morgan fingerprint density at radius 3 is 2.14 bits per heavy atom. The molecule has 0 saturated carbocycles. The minimum Gasteiger partial charge on any atom is -0.354 e. The number of benzene rings is 6. The van der Waals surface area contributed by atoms with Crippen molar-refractivity contribution in [3.05, 3.63) is 127 Å². The summed E-state index contributed by atoms with van der Waals surface area (Å²) in [6, 6.07) is 46.0. The Morgan fingerprint density at radius 1 is 0.444 bits per heavy atom. The van der Waals surface area contributed by atoms with Gasteiger partial charge in [0, 0.05) is 38.3 Å². The Labute approximate surface area is 208 Å². The molecule has 0 saturated heterocycles. The molecule has 0 fully saturated rings. The highest BCUT2D eigenvalue weighted by atomic mass is 15.0. The van der Waals surface area contributed by atoms with Crippen molar-refractivity contribution in [1.29, 1.82) is 0 Å². The van der Waals surface area contributed by atoms with Crippen LogP contribution < -0.4 is 0 Å². The number of aromatic nitrogens is 2. The summed E-state index contributed by atoms with van der Waals surface area (Å²) in [5, 5.41) is 7.67. The highest BCUT2D eigenvalue weighted by Gasteiger charge is 2.17. The van der Waals surface area contributed by atoms with Gasteiger partial charge in [-0.1, -0.05) is 91.0 Å². The van der Waals surface area contributed by atoms with Crippen LogP contribution in [0.25, 0.3) is 71.2 Å². The van der Waals surface area contributed by atoms with Crippen molar-refractivity contribution < 1.29 is 0 Å². The second-order valence-corrected chi connectivity index (χ2v) is 9.52. The molecule has 168 valence electrons. The minimum atomic E-state index is 1.16. The van der Waals surface area contributed by atoms with Gasteiger partial charge in [0.15, 0.2) is 0 Å². The number of nitrogens with zero attached hydrogens (tertiary/aromatic N) is 1. The van der Waals surface area contributed by atoms with Gasteiger partial charge < -0.3 is 9.55 Å². The van der Waals surface area contributed by atoms with Crippen molar-refractivity contribution in [3.63, 3.8) is 0 Å². The normalized spacial score (nSPS) is 11.9. The number of rotatable bonds is 2. The van der Waals surface area contributed by atoms with E-state index >= 15 is 0 Å². The standard InChI is InChI=1S/C34H22N2/c1-2-9-22(10-3-1)24-12-8-13-25(19-24)36-32-18-17-23-11-4-5-14-26(23)34(32)29-20-28-27-15-6-7-16-30(27)35-31(28)21-33(29)36/h1-21,35H. The van der Waals surface area contributed by atoms with Gasteiger partial charge in [-0.15, -0.1) is 0 Å². The van der Waals surface area contributed by atoms with Crippen molar-refractivity contribution in [2.24, 2.45) is 0 Å². The SMILES string of the molecule is c1ccc(-c2cccc(-n3c4cc5[nH]c6ccccc6c5cc4c4c5ccccc5ccc43)c2)cc1. The van der Waals surface area contributed by atoms with Gasteiger partial charge in [-0.3, -0.25) is 0 Å². The molecule has 2 aromatic heterocycles. The second-order valence-electron chi connectivity index (χ2n) is 9.52. The van der Waals surface area contributed by atoms with Crippen molar-refractivity contribution >= 4 is 54.4 Å². The van der Waals surface area contributed by atoms with E-state index in [1.807, 2.05) is 0 Å². The molecule has 36 heavy (non-hydrogen) atoms. The fraction of sp³-hybridized carbons (Fsp3) is 0. The van der Waals surface area contributed by atoms with Crippen LogP contribution in [-0.4, -0.2) is 9.55 Å². The molecule has 0 aliphatic heterocycles. The van der Waals surface area contributed by atoms with Crippen LogP contribution in [0.5, 0.6) is 0 Å². The van der Waals surface area contributed by atoms with Crippen LogP contribution in [0.4, 0.5) is 0 Å². The van der Waals surface area contributed by atoms with Crippen molar-refractivity contribution in [1.82, 2.24) is 9.55 Å². The quantitative estimate of drug-likeness (QED) is 0.266. The summed E-state index contributed by atoms with van der Waals surface area (Å²) < 4.78 is 2.43. The molecular weight excluding hydrogens is 436 g/mol. The first-order valence-corrected chi connectivity index (χ1v) is 12.4. The molecule has 8 rings (SSSR count). The van der Waals surface area contributed by atoms with Gasteiger partial charge in [0.1, 0.15) is 0 Å². The molecule has 0 aliphatic rings. The topological polar surface area (TPSA) is 20.7 Å². The lowest BCUT2D eigenvalue weighted by molar-refractivity contribution is 1.18. The molecule has 0 radical (unpaired) electrons. The molecule has 0 bridgehead atoms. The molecule has 8 aromatic rings. The monoisotopic (exact) mass is 458 g/mol. The number of fused-ring (bicyclic) bond motifs is 8. The third kappa shape index (κ3) is 2.73. The van der Waals surface area contributed by atoms with Crippen LogP contribution in [0.1, 0.15) is 0 Å². The van der Waals surface area contributed by atoms with E-state index in [2.05, 4.69) is 137 Å². The van der Waals surface area contributed by atoms with Gasteiger partial charge in [-0.25, -0.2) is 0 Å². The second kappa shape index (κ2) is 7.34. The Balaban J connectivity index is 1.53. The molecule has 2 nitrogen and oxygen atoms in total. The molecule has 0 spiro atoms. The van der Waals surface area contributed by atoms with Gasteiger partial charge in [-0.2, -0.15) is 0 Å². The zero-order chi connectivity index (χ0) is 23.6.